The molecule has 1 aromatic carbocycles. The first-order valence-corrected chi connectivity index (χ1v) is 6.78. The van der Waals surface area contributed by atoms with E-state index in [4.69, 9.17) is 0 Å². The molecule has 1 aromatic rings. The minimum Gasteiger partial charge on any atom is -0.406 e. The topological polar surface area (TPSA) is 58.6 Å². The molecule has 8 heteroatoms. The summed E-state index contributed by atoms with van der Waals surface area (Å²) in [6, 6.07) is 5.20. The number of ether oxygens (including phenoxy) is 1. The predicted molar refractivity (Wildman–Crippen MR) is 69.0 cm³/mol. The van der Waals surface area contributed by atoms with Gasteiger partial charge in [-0.15, -0.1) is 13.2 Å². The van der Waals surface area contributed by atoms with Crippen LogP contribution in [0.2, 0.25) is 0 Å². The highest BCUT2D eigenvalue weighted by Crippen LogP contribution is 2.40. The number of halogens is 3. The highest BCUT2D eigenvalue weighted by molar-refractivity contribution is 6.08. The Labute approximate surface area is 124 Å². The lowest BCUT2D eigenvalue weighted by molar-refractivity contribution is -0.274. The summed E-state index contributed by atoms with van der Waals surface area (Å²) >= 11 is 0. The van der Waals surface area contributed by atoms with Crippen LogP contribution < -0.4 is 10.1 Å². The number of nitrogens with one attached hydrogen (secondary N) is 1. The molecule has 0 atom stereocenters. The molecular formula is C14H13F3N2O3. The SMILES string of the molecule is O=C1NC2(CC2)C(=O)N1CCc1ccccc1OC(F)(F)F. The summed E-state index contributed by atoms with van der Waals surface area (Å²) in [7, 11) is 0. The summed E-state index contributed by atoms with van der Waals surface area (Å²) < 4.78 is 41.0. The van der Waals surface area contributed by atoms with Crippen LogP contribution in [0.1, 0.15) is 18.4 Å². The summed E-state index contributed by atoms with van der Waals surface area (Å²) in [5.41, 5.74) is -0.462. The van der Waals surface area contributed by atoms with Crippen LogP contribution in [0.4, 0.5) is 18.0 Å². The first-order valence-electron chi connectivity index (χ1n) is 6.78. The zero-order valence-corrected chi connectivity index (χ0v) is 11.4. The van der Waals surface area contributed by atoms with E-state index >= 15 is 0 Å². The highest BCUT2D eigenvalue weighted by Gasteiger charge is 2.59. The lowest BCUT2D eigenvalue weighted by Gasteiger charge is -2.16. The van der Waals surface area contributed by atoms with Gasteiger partial charge in [0, 0.05) is 6.54 Å². The van der Waals surface area contributed by atoms with E-state index in [1.165, 1.54) is 18.2 Å². The van der Waals surface area contributed by atoms with E-state index in [1.54, 1.807) is 6.07 Å². The first kappa shape index (κ1) is 14.7. The van der Waals surface area contributed by atoms with Crippen LogP contribution in [0.5, 0.6) is 5.75 Å². The summed E-state index contributed by atoms with van der Waals surface area (Å²) in [5.74, 6) is -0.616. The molecule has 0 radical (unpaired) electrons. The fourth-order valence-electron chi connectivity index (χ4n) is 2.51. The van der Waals surface area contributed by atoms with Gasteiger partial charge in [0.1, 0.15) is 11.3 Å². The number of nitrogens with zero attached hydrogens (tertiary/aromatic N) is 1. The van der Waals surface area contributed by atoms with Crippen molar-refractivity contribution in [2.45, 2.75) is 31.2 Å². The van der Waals surface area contributed by atoms with Gasteiger partial charge in [-0.2, -0.15) is 0 Å². The molecule has 118 valence electrons. The van der Waals surface area contributed by atoms with Crippen molar-refractivity contribution in [3.05, 3.63) is 29.8 Å². The number of imide groups is 1. The number of rotatable bonds is 4. The molecule has 1 N–H and O–H groups in total. The second-order valence-electron chi connectivity index (χ2n) is 5.37. The maximum Gasteiger partial charge on any atom is 0.573 e. The molecule has 2 fully saturated rings. The summed E-state index contributed by atoms with van der Waals surface area (Å²) in [4.78, 5) is 24.9. The molecule has 1 heterocycles. The van der Waals surface area contributed by atoms with Gasteiger partial charge in [0.2, 0.25) is 0 Å². The fourth-order valence-corrected chi connectivity index (χ4v) is 2.51. The van der Waals surface area contributed by atoms with Crippen LogP contribution in [0.15, 0.2) is 24.3 Å². The van der Waals surface area contributed by atoms with E-state index in [-0.39, 0.29) is 30.2 Å². The maximum absolute atomic E-state index is 12.3. The third-order valence-corrected chi connectivity index (χ3v) is 3.80. The smallest absolute Gasteiger partial charge is 0.406 e. The Kier molecular flexibility index (Phi) is 3.26. The number of amides is 3. The van der Waals surface area contributed by atoms with Crippen LogP contribution in [0.3, 0.4) is 0 Å². The number of carbonyl (C=O) groups excluding carboxylic acids is 2. The number of benzene rings is 1. The number of hydrogen-bond acceptors (Lipinski definition) is 3. The third kappa shape index (κ3) is 2.72. The van der Waals surface area contributed by atoms with Crippen molar-refractivity contribution >= 4 is 11.9 Å². The number of urea groups is 1. The zero-order chi connectivity index (χ0) is 16.0. The predicted octanol–water partition coefficient (Wildman–Crippen LogP) is 2.21. The van der Waals surface area contributed by atoms with E-state index in [2.05, 4.69) is 10.1 Å². The van der Waals surface area contributed by atoms with Gasteiger partial charge in [-0.3, -0.25) is 9.69 Å². The van der Waals surface area contributed by atoms with E-state index in [1.807, 2.05) is 0 Å². The van der Waals surface area contributed by atoms with E-state index < -0.39 is 17.9 Å². The monoisotopic (exact) mass is 314 g/mol. The summed E-state index contributed by atoms with van der Waals surface area (Å²) in [6.07, 6.45) is -3.46. The van der Waals surface area contributed by atoms with Gasteiger partial charge in [0.25, 0.3) is 5.91 Å². The Balaban J connectivity index is 1.69. The number of carbonyl (C=O) groups is 2. The minimum absolute atomic E-state index is 0.0185. The van der Waals surface area contributed by atoms with Crippen LogP contribution in [0.25, 0.3) is 0 Å². The summed E-state index contributed by atoms with van der Waals surface area (Å²) in [5, 5.41) is 2.62. The normalized spacial score (nSPS) is 19.5. The van der Waals surface area contributed by atoms with Gasteiger partial charge in [-0.1, -0.05) is 18.2 Å². The van der Waals surface area contributed by atoms with Crippen LogP contribution in [0, 0.1) is 0 Å². The molecule has 1 saturated heterocycles. The van der Waals surface area contributed by atoms with Crippen LogP contribution >= 0.6 is 0 Å². The molecule has 1 aliphatic carbocycles. The zero-order valence-electron chi connectivity index (χ0n) is 11.4. The van der Waals surface area contributed by atoms with E-state index in [0.717, 1.165) is 4.90 Å². The molecule has 3 rings (SSSR count). The average Bonchev–Trinajstić information content (AvgIpc) is 3.15. The Hall–Kier alpha value is -2.25. The van der Waals surface area contributed by atoms with Gasteiger partial charge >= 0.3 is 12.4 Å². The Morgan fingerprint density at radius 3 is 2.50 bits per heavy atom. The number of para-hydroxylation sites is 1. The highest BCUT2D eigenvalue weighted by atomic mass is 19.4. The molecule has 1 spiro atoms. The molecule has 0 aromatic heterocycles. The van der Waals surface area contributed by atoms with E-state index in [0.29, 0.717) is 12.8 Å². The Bertz CT molecular complexity index is 626. The first-order chi connectivity index (χ1) is 10.3. The quantitative estimate of drug-likeness (QED) is 0.867. The number of hydrogen-bond donors (Lipinski definition) is 1. The largest absolute Gasteiger partial charge is 0.573 e. The Morgan fingerprint density at radius 1 is 1.23 bits per heavy atom. The van der Waals surface area contributed by atoms with Gasteiger partial charge in [-0.25, -0.2) is 4.79 Å². The van der Waals surface area contributed by atoms with Crippen molar-refractivity contribution in [3.8, 4) is 5.75 Å². The lowest BCUT2D eigenvalue weighted by Crippen LogP contribution is -2.34. The van der Waals surface area contributed by atoms with Gasteiger partial charge in [0.05, 0.1) is 0 Å². The van der Waals surface area contributed by atoms with Crippen molar-refractivity contribution in [1.29, 1.82) is 0 Å². The molecule has 1 aliphatic heterocycles. The van der Waals surface area contributed by atoms with Crippen molar-refractivity contribution in [2.24, 2.45) is 0 Å². The van der Waals surface area contributed by atoms with E-state index in [9.17, 15) is 22.8 Å². The molecule has 22 heavy (non-hydrogen) atoms. The van der Waals surface area contributed by atoms with Crippen LogP contribution in [-0.4, -0.2) is 35.3 Å². The van der Waals surface area contributed by atoms with Crippen molar-refractivity contribution in [3.63, 3.8) is 0 Å². The minimum atomic E-state index is -4.78. The molecule has 2 aliphatic rings. The third-order valence-electron chi connectivity index (χ3n) is 3.80. The van der Waals surface area contributed by atoms with Gasteiger partial charge < -0.3 is 10.1 Å². The van der Waals surface area contributed by atoms with Crippen molar-refractivity contribution < 1.29 is 27.5 Å². The van der Waals surface area contributed by atoms with Crippen LogP contribution in [-0.2, 0) is 11.2 Å². The molecular weight excluding hydrogens is 301 g/mol. The van der Waals surface area contributed by atoms with Gasteiger partial charge in [0.15, 0.2) is 0 Å². The second-order valence-corrected chi connectivity index (χ2v) is 5.37. The molecule has 3 amide bonds. The molecule has 0 unspecified atom stereocenters. The van der Waals surface area contributed by atoms with Crippen molar-refractivity contribution in [1.82, 2.24) is 10.2 Å². The summed E-state index contributed by atoms with van der Waals surface area (Å²) in [6.45, 7) is 0.0185. The van der Waals surface area contributed by atoms with Crippen molar-refractivity contribution in [2.75, 3.05) is 6.54 Å². The van der Waals surface area contributed by atoms with Gasteiger partial charge in [-0.05, 0) is 30.9 Å². The molecule has 5 nitrogen and oxygen atoms in total. The molecule has 0 bridgehead atoms. The standard InChI is InChI=1S/C14H13F3N2O3/c15-14(16,17)22-10-4-2-1-3-9(10)5-8-19-11(20)13(6-7-13)18-12(19)21/h1-4H,5-8H2,(H,18,21). The molecule has 1 saturated carbocycles. The lowest BCUT2D eigenvalue weighted by atomic mass is 10.1. The number of alkyl halides is 3. The second kappa shape index (κ2) is 4.89. The maximum atomic E-state index is 12.3. The Morgan fingerprint density at radius 2 is 1.91 bits per heavy atom. The average molecular weight is 314 g/mol. The fraction of sp³-hybridized carbons (Fsp3) is 0.429.